The zero-order valence-electron chi connectivity index (χ0n) is 11.2. The van der Waals surface area contributed by atoms with E-state index in [9.17, 15) is 0 Å². The zero-order chi connectivity index (χ0) is 13.4. The maximum absolute atomic E-state index is 5.44. The van der Waals surface area contributed by atoms with Crippen LogP contribution in [0.25, 0.3) is 0 Å². The topological polar surface area (TPSA) is 27.1 Å². The number of nitrogens with zero attached hydrogens (tertiary/aromatic N) is 2. The van der Waals surface area contributed by atoms with Crippen molar-refractivity contribution in [3.63, 3.8) is 0 Å². The molecule has 19 heavy (non-hydrogen) atoms. The standard InChI is InChI=1S/C15H17BrN2O/c1-10-3-6-14(19-2)12(7-10)9-18-15(11-4-5-11)13(16)8-17-18/h3,6-8,11H,4-5,9H2,1-2H3. The molecular weight excluding hydrogens is 304 g/mol. The first-order valence-electron chi connectivity index (χ1n) is 6.53. The molecule has 1 aromatic heterocycles. The molecule has 0 amide bonds. The molecule has 0 radical (unpaired) electrons. The summed E-state index contributed by atoms with van der Waals surface area (Å²) in [6, 6.07) is 6.27. The van der Waals surface area contributed by atoms with E-state index in [0.29, 0.717) is 5.92 Å². The normalized spacial score (nSPS) is 14.7. The first-order chi connectivity index (χ1) is 9.19. The smallest absolute Gasteiger partial charge is 0.123 e. The molecule has 1 aliphatic rings. The van der Waals surface area contributed by atoms with Gasteiger partial charge >= 0.3 is 0 Å². The van der Waals surface area contributed by atoms with Gasteiger partial charge in [0.25, 0.3) is 0 Å². The molecule has 0 atom stereocenters. The van der Waals surface area contributed by atoms with Gasteiger partial charge in [0, 0.05) is 11.5 Å². The summed E-state index contributed by atoms with van der Waals surface area (Å²) >= 11 is 3.61. The quantitative estimate of drug-likeness (QED) is 0.854. The molecule has 1 aliphatic carbocycles. The highest BCUT2D eigenvalue weighted by Gasteiger charge is 2.29. The van der Waals surface area contributed by atoms with E-state index < -0.39 is 0 Å². The highest BCUT2D eigenvalue weighted by molar-refractivity contribution is 9.10. The van der Waals surface area contributed by atoms with Crippen molar-refractivity contribution >= 4 is 15.9 Å². The number of aromatic nitrogens is 2. The minimum absolute atomic E-state index is 0.674. The van der Waals surface area contributed by atoms with Crippen LogP contribution in [0.1, 0.15) is 35.6 Å². The Morgan fingerprint density at radius 1 is 1.42 bits per heavy atom. The summed E-state index contributed by atoms with van der Waals surface area (Å²) in [5.41, 5.74) is 3.75. The van der Waals surface area contributed by atoms with Crippen LogP contribution in [-0.4, -0.2) is 16.9 Å². The van der Waals surface area contributed by atoms with Gasteiger partial charge in [0.15, 0.2) is 0 Å². The molecule has 0 bridgehead atoms. The van der Waals surface area contributed by atoms with E-state index in [2.05, 4.69) is 44.8 Å². The van der Waals surface area contributed by atoms with Gasteiger partial charge in [-0.2, -0.15) is 5.10 Å². The molecular formula is C15H17BrN2O. The van der Waals surface area contributed by atoms with Crippen molar-refractivity contribution in [2.45, 2.75) is 32.2 Å². The average molecular weight is 321 g/mol. The fourth-order valence-electron chi connectivity index (χ4n) is 2.45. The van der Waals surface area contributed by atoms with Crippen LogP contribution < -0.4 is 4.74 Å². The Balaban J connectivity index is 1.95. The molecule has 4 heteroatoms. The lowest BCUT2D eigenvalue weighted by atomic mass is 10.1. The van der Waals surface area contributed by atoms with E-state index in [-0.39, 0.29) is 0 Å². The summed E-state index contributed by atoms with van der Waals surface area (Å²) in [6.45, 7) is 2.87. The lowest BCUT2D eigenvalue weighted by Gasteiger charge is -2.12. The Kier molecular flexibility index (Phi) is 3.35. The van der Waals surface area contributed by atoms with Crippen molar-refractivity contribution in [2.75, 3.05) is 7.11 Å². The zero-order valence-corrected chi connectivity index (χ0v) is 12.8. The predicted octanol–water partition coefficient (Wildman–Crippen LogP) is 3.89. The van der Waals surface area contributed by atoms with Gasteiger partial charge < -0.3 is 4.74 Å². The Labute approximate surface area is 121 Å². The largest absolute Gasteiger partial charge is 0.496 e. The first kappa shape index (κ1) is 12.7. The predicted molar refractivity (Wildman–Crippen MR) is 78.7 cm³/mol. The Hall–Kier alpha value is -1.29. The fraction of sp³-hybridized carbons (Fsp3) is 0.400. The first-order valence-corrected chi connectivity index (χ1v) is 7.33. The number of hydrogen-bond donors (Lipinski definition) is 0. The van der Waals surface area contributed by atoms with Crippen molar-refractivity contribution in [1.29, 1.82) is 0 Å². The number of benzene rings is 1. The second-order valence-electron chi connectivity index (χ2n) is 5.12. The summed E-state index contributed by atoms with van der Waals surface area (Å²) in [4.78, 5) is 0. The summed E-state index contributed by atoms with van der Waals surface area (Å²) in [6.07, 6.45) is 4.44. The van der Waals surface area contributed by atoms with Crippen molar-refractivity contribution in [1.82, 2.24) is 9.78 Å². The minimum atomic E-state index is 0.674. The van der Waals surface area contributed by atoms with E-state index in [1.54, 1.807) is 7.11 Å². The molecule has 3 nitrogen and oxygen atoms in total. The van der Waals surface area contributed by atoms with Crippen LogP contribution in [0.3, 0.4) is 0 Å². The summed E-state index contributed by atoms with van der Waals surface area (Å²) < 4.78 is 8.67. The molecule has 0 spiro atoms. The third kappa shape index (κ3) is 2.54. The van der Waals surface area contributed by atoms with Gasteiger partial charge in [-0.1, -0.05) is 17.7 Å². The fourth-order valence-corrected chi connectivity index (χ4v) is 3.07. The Morgan fingerprint density at radius 2 is 2.21 bits per heavy atom. The minimum Gasteiger partial charge on any atom is -0.496 e. The third-order valence-corrected chi connectivity index (χ3v) is 4.16. The van der Waals surface area contributed by atoms with E-state index in [1.807, 2.05) is 12.3 Å². The van der Waals surface area contributed by atoms with Crippen molar-refractivity contribution in [2.24, 2.45) is 0 Å². The number of methoxy groups -OCH3 is 1. The van der Waals surface area contributed by atoms with Gasteiger partial charge in [-0.05, 0) is 41.8 Å². The lowest BCUT2D eigenvalue weighted by Crippen LogP contribution is -2.07. The van der Waals surface area contributed by atoms with Gasteiger partial charge in [-0.15, -0.1) is 0 Å². The van der Waals surface area contributed by atoms with E-state index in [0.717, 1.165) is 16.8 Å². The van der Waals surface area contributed by atoms with Crippen molar-refractivity contribution in [3.8, 4) is 5.75 Å². The summed E-state index contributed by atoms with van der Waals surface area (Å²) in [7, 11) is 1.72. The average Bonchev–Trinajstić information content (AvgIpc) is 3.15. The van der Waals surface area contributed by atoms with Gasteiger partial charge in [-0.25, -0.2) is 0 Å². The molecule has 1 fully saturated rings. The number of hydrogen-bond acceptors (Lipinski definition) is 2. The van der Waals surface area contributed by atoms with Gasteiger partial charge in [0.05, 0.1) is 30.0 Å². The molecule has 0 aliphatic heterocycles. The summed E-state index contributed by atoms with van der Waals surface area (Å²) in [5.74, 6) is 1.60. The lowest BCUT2D eigenvalue weighted by molar-refractivity contribution is 0.407. The molecule has 3 rings (SSSR count). The van der Waals surface area contributed by atoms with Crippen LogP contribution in [0.2, 0.25) is 0 Å². The molecule has 0 saturated heterocycles. The molecule has 2 aromatic rings. The van der Waals surface area contributed by atoms with Crippen molar-refractivity contribution < 1.29 is 4.74 Å². The number of ether oxygens (including phenoxy) is 1. The van der Waals surface area contributed by atoms with Crippen LogP contribution in [0.5, 0.6) is 5.75 Å². The SMILES string of the molecule is COc1ccc(C)cc1Cn1ncc(Br)c1C1CC1. The number of rotatable bonds is 4. The molecule has 1 aromatic carbocycles. The number of halogens is 1. The van der Waals surface area contributed by atoms with Gasteiger partial charge in [0.1, 0.15) is 5.75 Å². The van der Waals surface area contributed by atoms with E-state index >= 15 is 0 Å². The molecule has 1 heterocycles. The Bertz CT molecular complexity index is 602. The Morgan fingerprint density at radius 3 is 2.89 bits per heavy atom. The number of aryl methyl sites for hydroxylation is 1. The summed E-state index contributed by atoms with van der Waals surface area (Å²) in [5, 5.41) is 4.49. The van der Waals surface area contributed by atoms with Crippen LogP contribution in [0.4, 0.5) is 0 Å². The maximum Gasteiger partial charge on any atom is 0.123 e. The second-order valence-corrected chi connectivity index (χ2v) is 5.98. The molecule has 0 N–H and O–H groups in total. The monoisotopic (exact) mass is 320 g/mol. The van der Waals surface area contributed by atoms with E-state index in [1.165, 1.54) is 29.7 Å². The van der Waals surface area contributed by atoms with Crippen molar-refractivity contribution in [3.05, 3.63) is 45.7 Å². The third-order valence-electron chi connectivity index (χ3n) is 3.55. The second kappa shape index (κ2) is 5.00. The van der Waals surface area contributed by atoms with Gasteiger partial charge in [0.2, 0.25) is 0 Å². The highest BCUT2D eigenvalue weighted by Crippen LogP contribution is 2.43. The molecule has 1 saturated carbocycles. The maximum atomic E-state index is 5.44. The van der Waals surface area contributed by atoms with Crippen LogP contribution in [0, 0.1) is 6.92 Å². The molecule has 0 unspecified atom stereocenters. The van der Waals surface area contributed by atoms with Gasteiger partial charge in [-0.3, -0.25) is 4.68 Å². The van der Waals surface area contributed by atoms with Crippen LogP contribution in [0.15, 0.2) is 28.9 Å². The highest BCUT2D eigenvalue weighted by atomic mass is 79.9. The van der Waals surface area contributed by atoms with Crippen LogP contribution in [-0.2, 0) is 6.54 Å². The molecule has 100 valence electrons. The van der Waals surface area contributed by atoms with E-state index in [4.69, 9.17) is 4.74 Å². The van der Waals surface area contributed by atoms with Crippen LogP contribution >= 0.6 is 15.9 Å².